The van der Waals surface area contributed by atoms with Gasteiger partial charge in [-0.3, -0.25) is 9.59 Å². The summed E-state index contributed by atoms with van der Waals surface area (Å²) in [5, 5.41) is 18.1. The van der Waals surface area contributed by atoms with Gasteiger partial charge in [-0.15, -0.1) is 0 Å². The van der Waals surface area contributed by atoms with E-state index in [1.165, 1.54) is 0 Å². The summed E-state index contributed by atoms with van der Waals surface area (Å²) in [7, 11) is 0. The minimum Gasteiger partial charge on any atom is -0.436 e. The normalized spacial score (nSPS) is 13.8. The summed E-state index contributed by atoms with van der Waals surface area (Å²) in [6, 6.07) is 0. The number of carbonyl (C=O) groups excluding carboxylic acids is 2. The van der Waals surface area contributed by atoms with Gasteiger partial charge in [-0.2, -0.15) is 0 Å². The van der Waals surface area contributed by atoms with Gasteiger partial charge in [0.2, 0.25) is 0 Å². The van der Waals surface area contributed by atoms with Crippen LogP contribution >= 0.6 is 0 Å². The first-order valence-electron chi connectivity index (χ1n) is 6.24. The summed E-state index contributed by atoms with van der Waals surface area (Å²) >= 11 is 0. The van der Waals surface area contributed by atoms with Crippen LogP contribution in [0.2, 0.25) is 0 Å². The zero-order chi connectivity index (χ0) is 14.0. The fourth-order valence-corrected chi connectivity index (χ4v) is 1.13. The van der Waals surface area contributed by atoms with Crippen LogP contribution in [0.3, 0.4) is 0 Å². The maximum absolute atomic E-state index is 11.1. The van der Waals surface area contributed by atoms with Crippen LogP contribution in [0.1, 0.15) is 52.4 Å². The molecule has 106 valence electrons. The minimum absolute atomic E-state index is 0.153. The zero-order valence-electron chi connectivity index (χ0n) is 10.9. The summed E-state index contributed by atoms with van der Waals surface area (Å²) in [6.07, 6.45) is -0.134. The lowest BCUT2D eigenvalue weighted by atomic mass is 10.2. The van der Waals surface area contributed by atoms with E-state index in [1.807, 2.05) is 0 Å². The van der Waals surface area contributed by atoms with Crippen molar-refractivity contribution in [3.63, 3.8) is 0 Å². The molecule has 0 aromatic heterocycles. The van der Waals surface area contributed by atoms with Gasteiger partial charge in [0, 0.05) is 25.7 Å². The highest BCUT2D eigenvalue weighted by atomic mass is 16.6. The van der Waals surface area contributed by atoms with Crippen molar-refractivity contribution >= 4 is 11.9 Å². The summed E-state index contributed by atoms with van der Waals surface area (Å²) in [4.78, 5) is 22.3. The average Bonchev–Trinajstić information content (AvgIpc) is 2.34. The van der Waals surface area contributed by atoms with Crippen LogP contribution in [0, 0.1) is 0 Å². The maximum Gasteiger partial charge on any atom is 0.308 e. The molecule has 0 amide bonds. The van der Waals surface area contributed by atoms with E-state index >= 15 is 0 Å². The molecule has 0 aromatic carbocycles. The third kappa shape index (κ3) is 8.95. The Morgan fingerprint density at radius 2 is 1.22 bits per heavy atom. The quantitative estimate of drug-likeness (QED) is 0.367. The number of rotatable bonds is 9. The highest BCUT2D eigenvalue weighted by Gasteiger charge is 2.11. The molecule has 2 unspecified atom stereocenters. The van der Waals surface area contributed by atoms with E-state index in [4.69, 9.17) is 10.2 Å². The standard InChI is InChI=1S/C12H22O6/c1-3-9(13)17-11(15)7-5-6-8-12(16)18-10(14)4-2/h9-10,13-14H,3-8H2,1-2H3. The fraction of sp³-hybridized carbons (Fsp3) is 0.833. The van der Waals surface area contributed by atoms with E-state index in [1.54, 1.807) is 13.8 Å². The molecule has 0 aliphatic rings. The Kier molecular flexibility index (Phi) is 9.22. The summed E-state index contributed by atoms with van der Waals surface area (Å²) < 4.78 is 9.30. The molecule has 18 heavy (non-hydrogen) atoms. The number of aliphatic hydroxyl groups excluding tert-OH is 2. The molecule has 0 saturated heterocycles. The van der Waals surface area contributed by atoms with Gasteiger partial charge in [-0.1, -0.05) is 13.8 Å². The Bertz CT molecular complexity index is 227. The topological polar surface area (TPSA) is 93.1 Å². The van der Waals surface area contributed by atoms with Gasteiger partial charge in [0.25, 0.3) is 0 Å². The van der Waals surface area contributed by atoms with Crippen LogP contribution < -0.4 is 0 Å². The van der Waals surface area contributed by atoms with Gasteiger partial charge in [-0.05, 0) is 12.8 Å². The Morgan fingerprint density at radius 3 is 1.50 bits per heavy atom. The molecule has 0 radical (unpaired) electrons. The highest BCUT2D eigenvalue weighted by Crippen LogP contribution is 2.06. The number of carbonyl (C=O) groups is 2. The maximum atomic E-state index is 11.1. The first-order valence-corrected chi connectivity index (χ1v) is 6.24. The molecule has 0 aliphatic carbocycles. The van der Waals surface area contributed by atoms with E-state index in [2.05, 4.69) is 9.47 Å². The van der Waals surface area contributed by atoms with Gasteiger partial charge in [-0.25, -0.2) is 0 Å². The molecule has 2 atom stereocenters. The van der Waals surface area contributed by atoms with Crippen molar-refractivity contribution in [3.8, 4) is 0 Å². The molecule has 0 saturated carbocycles. The second kappa shape index (κ2) is 9.85. The Morgan fingerprint density at radius 1 is 0.889 bits per heavy atom. The second-order valence-electron chi connectivity index (χ2n) is 3.91. The largest absolute Gasteiger partial charge is 0.436 e. The van der Waals surface area contributed by atoms with Crippen LogP contribution in [-0.2, 0) is 19.1 Å². The van der Waals surface area contributed by atoms with Gasteiger partial charge >= 0.3 is 11.9 Å². The molecule has 0 aliphatic heterocycles. The Labute approximate surface area is 107 Å². The molecular formula is C12H22O6. The SMILES string of the molecule is CCC(O)OC(=O)CCCCC(=O)OC(O)CC. The monoisotopic (exact) mass is 262 g/mol. The summed E-state index contributed by atoms with van der Waals surface area (Å²) in [5.74, 6) is -0.961. The number of ether oxygens (including phenoxy) is 2. The Balaban J connectivity index is 3.55. The van der Waals surface area contributed by atoms with Crippen LogP contribution in [0.25, 0.3) is 0 Å². The summed E-state index contributed by atoms with van der Waals surface area (Å²) in [5.41, 5.74) is 0. The lowest BCUT2D eigenvalue weighted by Crippen LogP contribution is -2.17. The van der Waals surface area contributed by atoms with E-state index < -0.39 is 24.5 Å². The van der Waals surface area contributed by atoms with Crippen molar-refractivity contribution in [1.29, 1.82) is 0 Å². The Hall–Kier alpha value is -1.14. The van der Waals surface area contributed by atoms with Crippen molar-refractivity contribution < 1.29 is 29.3 Å². The van der Waals surface area contributed by atoms with Gasteiger partial charge in [0.05, 0.1) is 0 Å². The summed E-state index contributed by atoms with van der Waals surface area (Å²) in [6.45, 7) is 3.40. The van der Waals surface area contributed by atoms with Gasteiger partial charge in [0.15, 0.2) is 12.6 Å². The van der Waals surface area contributed by atoms with E-state index in [0.717, 1.165) is 0 Å². The lowest BCUT2D eigenvalue weighted by Gasteiger charge is -2.10. The molecule has 0 heterocycles. The predicted molar refractivity (Wildman–Crippen MR) is 63.2 cm³/mol. The molecule has 2 N–H and O–H groups in total. The average molecular weight is 262 g/mol. The number of hydrogen-bond acceptors (Lipinski definition) is 6. The van der Waals surface area contributed by atoms with Gasteiger partial charge < -0.3 is 19.7 Å². The first kappa shape index (κ1) is 16.9. The van der Waals surface area contributed by atoms with Crippen molar-refractivity contribution in [2.45, 2.75) is 65.0 Å². The van der Waals surface area contributed by atoms with E-state index in [-0.39, 0.29) is 12.8 Å². The van der Waals surface area contributed by atoms with Crippen molar-refractivity contribution in [1.82, 2.24) is 0 Å². The van der Waals surface area contributed by atoms with Crippen LogP contribution in [0.4, 0.5) is 0 Å². The number of hydrogen-bond donors (Lipinski definition) is 2. The van der Waals surface area contributed by atoms with Crippen LogP contribution in [-0.4, -0.2) is 34.7 Å². The molecule has 0 rings (SSSR count). The number of unbranched alkanes of at least 4 members (excludes halogenated alkanes) is 1. The molecule has 0 aromatic rings. The first-order chi connectivity index (χ1) is 8.49. The lowest BCUT2D eigenvalue weighted by molar-refractivity contribution is -0.170. The molecule has 6 nitrogen and oxygen atoms in total. The number of aliphatic hydroxyl groups is 2. The third-order valence-electron chi connectivity index (χ3n) is 2.25. The predicted octanol–water partition coefficient (Wildman–Crippen LogP) is 1.09. The van der Waals surface area contributed by atoms with E-state index in [9.17, 15) is 9.59 Å². The third-order valence-corrected chi connectivity index (χ3v) is 2.25. The molecular weight excluding hydrogens is 240 g/mol. The molecule has 6 heteroatoms. The van der Waals surface area contributed by atoms with Crippen molar-refractivity contribution in [3.05, 3.63) is 0 Å². The highest BCUT2D eigenvalue weighted by molar-refractivity contribution is 5.70. The molecule has 0 fully saturated rings. The zero-order valence-corrected chi connectivity index (χ0v) is 10.9. The van der Waals surface area contributed by atoms with Crippen LogP contribution in [0.15, 0.2) is 0 Å². The van der Waals surface area contributed by atoms with E-state index in [0.29, 0.717) is 25.7 Å². The minimum atomic E-state index is -1.05. The van der Waals surface area contributed by atoms with Crippen molar-refractivity contribution in [2.24, 2.45) is 0 Å². The van der Waals surface area contributed by atoms with Crippen LogP contribution in [0.5, 0.6) is 0 Å². The van der Waals surface area contributed by atoms with Crippen molar-refractivity contribution in [2.75, 3.05) is 0 Å². The molecule has 0 bridgehead atoms. The number of esters is 2. The second-order valence-corrected chi connectivity index (χ2v) is 3.91. The smallest absolute Gasteiger partial charge is 0.308 e. The molecule has 0 spiro atoms. The van der Waals surface area contributed by atoms with Gasteiger partial charge in [0.1, 0.15) is 0 Å². The fourth-order valence-electron chi connectivity index (χ4n) is 1.13.